The van der Waals surface area contributed by atoms with Gasteiger partial charge in [0, 0.05) is 17.1 Å². The fourth-order valence-corrected chi connectivity index (χ4v) is 2.24. The summed E-state index contributed by atoms with van der Waals surface area (Å²) in [5.41, 5.74) is 0.971. The first-order valence-corrected chi connectivity index (χ1v) is 6.23. The van der Waals surface area contributed by atoms with Gasteiger partial charge in [0.1, 0.15) is 17.0 Å². The molecule has 94 valence electrons. The Hall–Kier alpha value is -2.02. The molecule has 0 spiro atoms. The van der Waals surface area contributed by atoms with Gasteiger partial charge in [-0.15, -0.1) is 11.3 Å². The van der Waals surface area contributed by atoms with Crippen LogP contribution >= 0.6 is 11.3 Å². The zero-order chi connectivity index (χ0) is 13.1. The maximum absolute atomic E-state index is 10.5. The molecule has 0 saturated carbocycles. The molecule has 1 N–H and O–H groups in total. The predicted molar refractivity (Wildman–Crippen MR) is 69.8 cm³/mol. The first-order valence-electron chi connectivity index (χ1n) is 5.35. The van der Waals surface area contributed by atoms with Crippen LogP contribution in [0.5, 0.6) is 0 Å². The number of nitrogens with zero attached hydrogens (tertiary/aromatic N) is 3. The molecule has 0 aliphatic carbocycles. The third-order valence-corrected chi connectivity index (χ3v) is 3.48. The van der Waals surface area contributed by atoms with E-state index >= 15 is 0 Å². The molecular formula is C11H12N4O2S. The molecule has 0 fully saturated rings. The van der Waals surface area contributed by atoms with Gasteiger partial charge in [-0.3, -0.25) is 10.1 Å². The molecule has 2 heterocycles. The van der Waals surface area contributed by atoms with Crippen molar-refractivity contribution in [3.05, 3.63) is 44.5 Å². The molecule has 7 heteroatoms. The summed E-state index contributed by atoms with van der Waals surface area (Å²) in [5, 5.41) is 16.6. The molecule has 1 unspecified atom stereocenters. The van der Waals surface area contributed by atoms with Crippen molar-refractivity contribution in [2.45, 2.75) is 19.9 Å². The molecule has 0 radical (unpaired) electrons. The molecule has 18 heavy (non-hydrogen) atoms. The number of nitro groups is 1. The average Bonchev–Trinajstić information content (AvgIpc) is 2.76. The zero-order valence-corrected chi connectivity index (χ0v) is 10.8. The summed E-state index contributed by atoms with van der Waals surface area (Å²) in [6.45, 7) is 3.91. The molecule has 0 amide bonds. The molecule has 0 aromatic carbocycles. The standard InChI is InChI=1S/C11H12N4O2S/c1-7-6-18-11(13-7)8(2)14-10-4-3-9(5-12-10)15(16)17/h3-6,8H,1-2H3,(H,12,14). The minimum absolute atomic E-state index is 0.0155. The van der Waals surface area contributed by atoms with Crippen molar-refractivity contribution >= 4 is 22.8 Å². The average molecular weight is 264 g/mol. The first-order chi connectivity index (χ1) is 8.56. The summed E-state index contributed by atoms with van der Waals surface area (Å²) >= 11 is 1.58. The van der Waals surface area contributed by atoms with Crippen molar-refractivity contribution in [3.63, 3.8) is 0 Å². The molecule has 0 aliphatic heterocycles. The van der Waals surface area contributed by atoms with Crippen LogP contribution in [0.4, 0.5) is 11.5 Å². The monoisotopic (exact) mass is 264 g/mol. The van der Waals surface area contributed by atoms with E-state index in [1.54, 1.807) is 17.4 Å². The molecule has 1 atom stereocenters. The SMILES string of the molecule is Cc1csc(C(C)Nc2ccc([N+](=O)[O-])cn2)n1. The van der Waals surface area contributed by atoms with E-state index in [1.807, 2.05) is 19.2 Å². The topological polar surface area (TPSA) is 81.0 Å². The van der Waals surface area contributed by atoms with Crippen molar-refractivity contribution in [2.24, 2.45) is 0 Å². The van der Waals surface area contributed by atoms with Crippen LogP contribution in [-0.2, 0) is 0 Å². The van der Waals surface area contributed by atoms with Gasteiger partial charge in [0.05, 0.1) is 11.0 Å². The lowest BCUT2D eigenvalue weighted by Gasteiger charge is -2.11. The number of hydrogen-bond acceptors (Lipinski definition) is 6. The van der Waals surface area contributed by atoms with Crippen LogP contribution in [0.2, 0.25) is 0 Å². The van der Waals surface area contributed by atoms with Crippen LogP contribution in [-0.4, -0.2) is 14.9 Å². The summed E-state index contributed by atoms with van der Waals surface area (Å²) in [6.07, 6.45) is 1.24. The molecule has 2 rings (SSSR count). The number of thiazole rings is 1. The molecule has 0 saturated heterocycles. The number of aromatic nitrogens is 2. The van der Waals surface area contributed by atoms with Crippen molar-refractivity contribution in [1.82, 2.24) is 9.97 Å². The van der Waals surface area contributed by atoms with Crippen molar-refractivity contribution in [2.75, 3.05) is 5.32 Å². The van der Waals surface area contributed by atoms with Gasteiger partial charge in [0.15, 0.2) is 0 Å². The normalized spacial score (nSPS) is 12.1. The molecule has 0 bridgehead atoms. The number of nitrogens with one attached hydrogen (secondary N) is 1. The third-order valence-electron chi connectivity index (χ3n) is 2.33. The summed E-state index contributed by atoms with van der Waals surface area (Å²) in [6, 6.07) is 3.04. The van der Waals surface area contributed by atoms with Crippen LogP contribution in [0, 0.1) is 17.0 Å². The van der Waals surface area contributed by atoms with Gasteiger partial charge >= 0.3 is 0 Å². The Bertz CT molecular complexity index is 552. The summed E-state index contributed by atoms with van der Waals surface area (Å²) in [4.78, 5) is 18.4. The highest BCUT2D eigenvalue weighted by molar-refractivity contribution is 7.09. The number of rotatable bonds is 4. The second-order valence-electron chi connectivity index (χ2n) is 3.85. The van der Waals surface area contributed by atoms with E-state index in [0.717, 1.165) is 10.7 Å². The summed E-state index contributed by atoms with van der Waals surface area (Å²) < 4.78 is 0. The van der Waals surface area contributed by atoms with Gasteiger partial charge in [-0.25, -0.2) is 9.97 Å². The third kappa shape index (κ3) is 2.80. The number of hydrogen-bond donors (Lipinski definition) is 1. The lowest BCUT2D eigenvalue weighted by atomic mass is 10.3. The predicted octanol–water partition coefficient (Wildman–Crippen LogP) is 2.93. The van der Waals surface area contributed by atoms with Crippen molar-refractivity contribution < 1.29 is 4.92 Å². The highest BCUT2D eigenvalue weighted by atomic mass is 32.1. The molecular weight excluding hydrogens is 252 g/mol. The smallest absolute Gasteiger partial charge is 0.287 e. The number of anilines is 1. The summed E-state index contributed by atoms with van der Waals surface area (Å²) in [5.74, 6) is 0.598. The van der Waals surface area contributed by atoms with Gasteiger partial charge < -0.3 is 5.32 Å². The Balaban J connectivity index is 2.07. The maximum atomic E-state index is 10.5. The van der Waals surface area contributed by atoms with E-state index in [4.69, 9.17) is 0 Å². The van der Waals surface area contributed by atoms with Gasteiger partial charge in [-0.05, 0) is 19.9 Å². The molecule has 0 aliphatic rings. The Morgan fingerprint density at radius 2 is 2.28 bits per heavy atom. The second-order valence-corrected chi connectivity index (χ2v) is 4.74. The van der Waals surface area contributed by atoms with E-state index in [2.05, 4.69) is 15.3 Å². The number of aryl methyl sites for hydroxylation is 1. The maximum Gasteiger partial charge on any atom is 0.287 e. The van der Waals surface area contributed by atoms with Gasteiger partial charge in [-0.1, -0.05) is 0 Å². The lowest BCUT2D eigenvalue weighted by Crippen LogP contribution is -2.07. The zero-order valence-electron chi connectivity index (χ0n) is 9.95. The Morgan fingerprint density at radius 3 is 2.78 bits per heavy atom. The largest absolute Gasteiger partial charge is 0.361 e. The van der Waals surface area contributed by atoms with Gasteiger partial charge in [0.25, 0.3) is 5.69 Å². The fourth-order valence-electron chi connectivity index (χ4n) is 1.43. The lowest BCUT2D eigenvalue weighted by molar-refractivity contribution is -0.385. The van der Waals surface area contributed by atoms with E-state index in [0.29, 0.717) is 5.82 Å². The highest BCUT2D eigenvalue weighted by Crippen LogP contribution is 2.22. The van der Waals surface area contributed by atoms with E-state index in [1.165, 1.54) is 12.3 Å². The van der Waals surface area contributed by atoms with E-state index < -0.39 is 4.92 Å². The Labute approximate surface area is 108 Å². The first kappa shape index (κ1) is 12.4. The second kappa shape index (κ2) is 5.09. The van der Waals surface area contributed by atoms with Crippen LogP contribution in [0.15, 0.2) is 23.7 Å². The van der Waals surface area contributed by atoms with Crippen molar-refractivity contribution in [1.29, 1.82) is 0 Å². The van der Waals surface area contributed by atoms with Crippen LogP contribution in [0.25, 0.3) is 0 Å². The van der Waals surface area contributed by atoms with Crippen LogP contribution in [0.1, 0.15) is 23.7 Å². The Morgan fingerprint density at radius 1 is 1.50 bits per heavy atom. The highest BCUT2D eigenvalue weighted by Gasteiger charge is 2.11. The minimum Gasteiger partial charge on any atom is -0.361 e. The molecule has 6 nitrogen and oxygen atoms in total. The fraction of sp³-hybridized carbons (Fsp3) is 0.273. The molecule has 2 aromatic rings. The summed E-state index contributed by atoms with van der Waals surface area (Å²) in [7, 11) is 0. The number of pyridine rings is 1. The minimum atomic E-state index is -0.468. The Kier molecular flexibility index (Phi) is 3.52. The van der Waals surface area contributed by atoms with E-state index in [-0.39, 0.29) is 11.7 Å². The van der Waals surface area contributed by atoms with Crippen LogP contribution < -0.4 is 5.32 Å². The molecule has 2 aromatic heterocycles. The van der Waals surface area contributed by atoms with E-state index in [9.17, 15) is 10.1 Å². The quantitative estimate of drug-likeness (QED) is 0.678. The van der Waals surface area contributed by atoms with Gasteiger partial charge in [0.2, 0.25) is 0 Å². The van der Waals surface area contributed by atoms with Crippen LogP contribution in [0.3, 0.4) is 0 Å². The van der Waals surface area contributed by atoms with Gasteiger partial charge in [-0.2, -0.15) is 0 Å². The van der Waals surface area contributed by atoms with Crippen molar-refractivity contribution in [3.8, 4) is 0 Å².